The Labute approximate surface area is 133 Å². The molecule has 0 aliphatic heterocycles. The molecule has 112 valence electrons. The second-order valence-electron chi connectivity index (χ2n) is 5.15. The Kier molecular flexibility index (Phi) is 4.02. The Hall–Kier alpha value is -2.46. The van der Waals surface area contributed by atoms with Crippen molar-refractivity contribution in [3.63, 3.8) is 0 Å². The summed E-state index contributed by atoms with van der Waals surface area (Å²) in [6, 6.07) is 15.0. The third kappa shape index (κ3) is 3.23. The van der Waals surface area contributed by atoms with E-state index in [2.05, 4.69) is 15.6 Å². The highest BCUT2D eigenvalue weighted by Crippen LogP contribution is 2.23. The number of rotatable bonds is 3. The lowest BCUT2D eigenvalue weighted by molar-refractivity contribution is 0.252. The van der Waals surface area contributed by atoms with Gasteiger partial charge in [-0.2, -0.15) is 0 Å². The number of carbonyl (C=O) groups excluding carboxylic acids is 1. The summed E-state index contributed by atoms with van der Waals surface area (Å²) >= 11 is 5.84. The van der Waals surface area contributed by atoms with Crippen LogP contribution in [0.25, 0.3) is 10.9 Å². The van der Waals surface area contributed by atoms with Gasteiger partial charge in [-0.3, -0.25) is 0 Å². The van der Waals surface area contributed by atoms with Crippen molar-refractivity contribution in [2.75, 3.05) is 5.32 Å². The van der Waals surface area contributed by atoms with Crippen LogP contribution in [-0.2, 0) is 6.54 Å². The Morgan fingerprint density at radius 3 is 2.73 bits per heavy atom. The summed E-state index contributed by atoms with van der Waals surface area (Å²) in [7, 11) is 0. The van der Waals surface area contributed by atoms with Crippen molar-refractivity contribution in [1.82, 2.24) is 10.3 Å². The molecule has 5 heteroatoms. The summed E-state index contributed by atoms with van der Waals surface area (Å²) in [6.07, 6.45) is 0. The molecule has 3 rings (SSSR count). The van der Waals surface area contributed by atoms with Gasteiger partial charge in [-0.05, 0) is 42.8 Å². The fraction of sp³-hybridized carbons (Fsp3) is 0.118. The lowest BCUT2D eigenvalue weighted by Gasteiger charge is -2.09. The van der Waals surface area contributed by atoms with Crippen molar-refractivity contribution in [1.29, 1.82) is 0 Å². The van der Waals surface area contributed by atoms with Gasteiger partial charge in [0.05, 0.1) is 5.69 Å². The minimum Gasteiger partial charge on any atom is -0.359 e. The van der Waals surface area contributed by atoms with Crippen LogP contribution in [0.2, 0.25) is 5.02 Å². The highest BCUT2D eigenvalue weighted by molar-refractivity contribution is 6.30. The first-order valence-electron chi connectivity index (χ1n) is 6.99. The van der Waals surface area contributed by atoms with Crippen LogP contribution in [0.15, 0.2) is 48.5 Å². The van der Waals surface area contributed by atoms with Crippen molar-refractivity contribution < 1.29 is 4.79 Å². The number of urea groups is 1. The predicted octanol–water partition coefficient (Wildman–Crippen LogP) is 4.45. The first-order valence-corrected chi connectivity index (χ1v) is 7.37. The van der Waals surface area contributed by atoms with E-state index in [1.807, 2.05) is 43.3 Å². The molecule has 0 saturated heterocycles. The Balaban J connectivity index is 1.67. The summed E-state index contributed by atoms with van der Waals surface area (Å²) in [6.45, 7) is 2.44. The summed E-state index contributed by atoms with van der Waals surface area (Å²) < 4.78 is 0. The standard InChI is InChI=1S/C17H16ClN3O/c1-11-9-14-15(20-11)3-2-4-16(14)21-17(22)19-10-12-5-7-13(18)8-6-12/h2-9,20H,10H2,1H3,(H2,19,21,22). The molecule has 1 aromatic heterocycles. The van der Waals surface area contributed by atoms with E-state index in [9.17, 15) is 4.79 Å². The molecule has 2 amide bonds. The normalized spacial score (nSPS) is 10.6. The predicted molar refractivity (Wildman–Crippen MR) is 90.3 cm³/mol. The number of hydrogen-bond donors (Lipinski definition) is 3. The third-order valence-electron chi connectivity index (χ3n) is 3.41. The van der Waals surface area contributed by atoms with Crippen LogP contribution in [0.1, 0.15) is 11.3 Å². The summed E-state index contributed by atoms with van der Waals surface area (Å²) in [5.74, 6) is 0. The molecular weight excluding hydrogens is 298 g/mol. The molecular formula is C17H16ClN3O. The maximum absolute atomic E-state index is 12.0. The minimum atomic E-state index is -0.235. The summed E-state index contributed by atoms with van der Waals surface area (Å²) in [4.78, 5) is 15.3. The van der Waals surface area contributed by atoms with Gasteiger partial charge in [0.2, 0.25) is 0 Å². The lowest BCUT2D eigenvalue weighted by atomic mass is 10.2. The number of carbonyl (C=O) groups is 1. The average Bonchev–Trinajstić information content (AvgIpc) is 2.88. The van der Waals surface area contributed by atoms with E-state index in [1.54, 1.807) is 12.1 Å². The van der Waals surface area contributed by atoms with Gasteiger partial charge in [-0.25, -0.2) is 4.79 Å². The number of hydrogen-bond acceptors (Lipinski definition) is 1. The number of H-pyrrole nitrogens is 1. The smallest absolute Gasteiger partial charge is 0.319 e. The van der Waals surface area contributed by atoms with Crippen LogP contribution in [0.5, 0.6) is 0 Å². The molecule has 0 aliphatic carbocycles. The number of benzene rings is 2. The second-order valence-corrected chi connectivity index (χ2v) is 5.59. The zero-order valence-electron chi connectivity index (χ0n) is 12.1. The van der Waals surface area contributed by atoms with E-state index in [0.29, 0.717) is 11.6 Å². The van der Waals surface area contributed by atoms with Crippen molar-refractivity contribution in [3.8, 4) is 0 Å². The van der Waals surface area contributed by atoms with Gasteiger partial charge in [0.25, 0.3) is 0 Å². The van der Waals surface area contributed by atoms with Crippen LogP contribution >= 0.6 is 11.6 Å². The van der Waals surface area contributed by atoms with Gasteiger partial charge in [-0.15, -0.1) is 0 Å². The van der Waals surface area contributed by atoms with Crippen LogP contribution in [-0.4, -0.2) is 11.0 Å². The number of aryl methyl sites for hydroxylation is 1. The molecule has 0 aliphatic rings. The number of aromatic nitrogens is 1. The van der Waals surface area contributed by atoms with E-state index in [0.717, 1.165) is 27.8 Å². The first kappa shape index (κ1) is 14.5. The SMILES string of the molecule is Cc1cc2c(NC(=O)NCc3ccc(Cl)cc3)cccc2[nH]1. The molecule has 0 spiro atoms. The molecule has 4 nitrogen and oxygen atoms in total. The van der Waals surface area contributed by atoms with Crippen LogP contribution in [0.3, 0.4) is 0 Å². The third-order valence-corrected chi connectivity index (χ3v) is 3.67. The van der Waals surface area contributed by atoms with Crippen LogP contribution in [0.4, 0.5) is 10.5 Å². The zero-order valence-corrected chi connectivity index (χ0v) is 12.9. The molecule has 0 bridgehead atoms. The Bertz CT molecular complexity index is 808. The fourth-order valence-corrected chi connectivity index (χ4v) is 2.48. The van der Waals surface area contributed by atoms with E-state index in [1.165, 1.54) is 0 Å². The average molecular weight is 314 g/mol. The number of fused-ring (bicyclic) bond motifs is 1. The van der Waals surface area contributed by atoms with Crippen LogP contribution in [0, 0.1) is 6.92 Å². The van der Waals surface area contributed by atoms with Crippen molar-refractivity contribution in [2.45, 2.75) is 13.5 Å². The van der Waals surface area contributed by atoms with E-state index >= 15 is 0 Å². The number of aromatic amines is 1. The highest BCUT2D eigenvalue weighted by Gasteiger charge is 2.07. The van der Waals surface area contributed by atoms with Crippen molar-refractivity contribution in [2.24, 2.45) is 0 Å². The molecule has 2 aromatic carbocycles. The van der Waals surface area contributed by atoms with Crippen molar-refractivity contribution >= 4 is 34.2 Å². The Morgan fingerprint density at radius 1 is 1.18 bits per heavy atom. The quantitative estimate of drug-likeness (QED) is 0.657. The molecule has 0 unspecified atom stereocenters. The van der Waals surface area contributed by atoms with E-state index < -0.39 is 0 Å². The zero-order chi connectivity index (χ0) is 15.5. The molecule has 22 heavy (non-hydrogen) atoms. The van der Waals surface area contributed by atoms with Gasteiger partial charge in [-0.1, -0.05) is 29.8 Å². The molecule has 0 atom stereocenters. The number of halogens is 1. The topological polar surface area (TPSA) is 56.9 Å². The maximum atomic E-state index is 12.0. The molecule has 3 aromatic rings. The highest BCUT2D eigenvalue weighted by atomic mass is 35.5. The molecule has 0 radical (unpaired) electrons. The monoisotopic (exact) mass is 313 g/mol. The van der Waals surface area contributed by atoms with Gasteiger partial charge in [0.15, 0.2) is 0 Å². The molecule has 0 saturated carbocycles. The van der Waals surface area contributed by atoms with Gasteiger partial charge < -0.3 is 15.6 Å². The maximum Gasteiger partial charge on any atom is 0.319 e. The molecule has 0 fully saturated rings. The van der Waals surface area contributed by atoms with E-state index in [4.69, 9.17) is 11.6 Å². The Morgan fingerprint density at radius 2 is 1.95 bits per heavy atom. The van der Waals surface area contributed by atoms with Gasteiger partial charge >= 0.3 is 6.03 Å². The lowest BCUT2D eigenvalue weighted by Crippen LogP contribution is -2.28. The van der Waals surface area contributed by atoms with Crippen molar-refractivity contribution in [3.05, 3.63) is 64.8 Å². The number of nitrogens with one attached hydrogen (secondary N) is 3. The van der Waals surface area contributed by atoms with Gasteiger partial charge in [0.1, 0.15) is 0 Å². The molecule has 1 heterocycles. The largest absolute Gasteiger partial charge is 0.359 e. The summed E-state index contributed by atoms with van der Waals surface area (Å²) in [5, 5.41) is 7.40. The van der Waals surface area contributed by atoms with E-state index in [-0.39, 0.29) is 6.03 Å². The second kappa shape index (κ2) is 6.12. The summed E-state index contributed by atoms with van der Waals surface area (Å²) in [5.41, 5.74) is 3.85. The minimum absolute atomic E-state index is 0.235. The number of amides is 2. The molecule has 3 N–H and O–H groups in total. The van der Waals surface area contributed by atoms with Crippen LogP contribution < -0.4 is 10.6 Å². The fourth-order valence-electron chi connectivity index (χ4n) is 2.35. The first-order chi connectivity index (χ1) is 10.6. The number of anilines is 1. The van der Waals surface area contributed by atoms with Gasteiger partial charge in [0, 0.05) is 28.2 Å².